The third-order valence-corrected chi connectivity index (χ3v) is 6.46. The lowest BCUT2D eigenvalue weighted by molar-refractivity contribution is -0.150. The number of carbonyl (C=O) groups is 2. The summed E-state index contributed by atoms with van der Waals surface area (Å²) in [5, 5.41) is 2.60. The zero-order chi connectivity index (χ0) is 21.2. The molecule has 1 heterocycles. The van der Waals surface area contributed by atoms with Crippen LogP contribution in [0.5, 0.6) is 0 Å². The number of esters is 1. The number of nitrogens with zero attached hydrogens (tertiary/aromatic N) is 1. The molecule has 1 amide bonds. The molecule has 1 saturated heterocycles. The van der Waals surface area contributed by atoms with Gasteiger partial charge in [0.05, 0.1) is 12.0 Å². The fraction of sp³-hybridized carbons (Fsp3) is 0.579. The van der Waals surface area contributed by atoms with Crippen LogP contribution in [0.25, 0.3) is 0 Å². The molecule has 1 N–H and O–H groups in total. The van der Waals surface area contributed by atoms with Crippen molar-refractivity contribution in [3.63, 3.8) is 0 Å². The Labute approximate surface area is 166 Å². The standard InChI is InChI=1S/C19H28N2O6S/c1-14-6-8-15(9-7-14)28(24,25)21-12-10-19(11-13-21,16(22)26-5)20-17(23)27-18(2,3)4/h6-9H,10-13H2,1-5H3,(H,20,23). The van der Waals surface area contributed by atoms with E-state index in [1.54, 1.807) is 45.0 Å². The Bertz CT molecular complexity index is 819. The van der Waals surface area contributed by atoms with Gasteiger partial charge in [-0.3, -0.25) is 0 Å². The highest BCUT2D eigenvalue weighted by Gasteiger charge is 2.46. The van der Waals surface area contributed by atoms with Crippen molar-refractivity contribution >= 4 is 22.1 Å². The first kappa shape index (κ1) is 22.2. The Balaban J connectivity index is 2.17. The molecule has 0 unspecified atom stereocenters. The molecule has 1 aliphatic heterocycles. The van der Waals surface area contributed by atoms with Crippen LogP contribution >= 0.6 is 0 Å². The predicted octanol–water partition coefficient (Wildman–Crippen LogP) is 2.22. The van der Waals surface area contributed by atoms with Gasteiger partial charge < -0.3 is 14.8 Å². The number of hydrogen-bond acceptors (Lipinski definition) is 6. The first-order valence-electron chi connectivity index (χ1n) is 9.06. The van der Waals surface area contributed by atoms with Crippen molar-refractivity contribution in [2.75, 3.05) is 20.2 Å². The van der Waals surface area contributed by atoms with E-state index < -0.39 is 33.2 Å². The van der Waals surface area contributed by atoms with Crippen LogP contribution < -0.4 is 5.32 Å². The number of hydrogen-bond donors (Lipinski definition) is 1. The second kappa shape index (κ2) is 8.08. The van der Waals surface area contributed by atoms with Gasteiger partial charge in [0, 0.05) is 13.1 Å². The molecule has 156 valence electrons. The van der Waals surface area contributed by atoms with E-state index in [9.17, 15) is 18.0 Å². The Morgan fingerprint density at radius 3 is 2.11 bits per heavy atom. The molecule has 0 aliphatic carbocycles. The van der Waals surface area contributed by atoms with E-state index in [4.69, 9.17) is 9.47 Å². The summed E-state index contributed by atoms with van der Waals surface area (Å²) in [7, 11) is -2.45. The van der Waals surface area contributed by atoms with E-state index in [0.29, 0.717) is 0 Å². The van der Waals surface area contributed by atoms with Crippen molar-refractivity contribution in [2.45, 2.75) is 56.6 Å². The van der Waals surface area contributed by atoms with Crippen LogP contribution in [0.2, 0.25) is 0 Å². The van der Waals surface area contributed by atoms with Gasteiger partial charge in [0.15, 0.2) is 0 Å². The number of nitrogens with one attached hydrogen (secondary N) is 1. The van der Waals surface area contributed by atoms with Gasteiger partial charge in [-0.1, -0.05) is 17.7 Å². The van der Waals surface area contributed by atoms with Crippen molar-refractivity contribution < 1.29 is 27.5 Å². The van der Waals surface area contributed by atoms with Crippen molar-refractivity contribution in [1.82, 2.24) is 9.62 Å². The zero-order valence-corrected chi connectivity index (χ0v) is 17.8. The van der Waals surface area contributed by atoms with Gasteiger partial charge >= 0.3 is 12.1 Å². The maximum atomic E-state index is 12.9. The Morgan fingerprint density at radius 1 is 1.11 bits per heavy atom. The highest BCUT2D eigenvalue weighted by atomic mass is 32.2. The quantitative estimate of drug-likeness (QED) is 0.761. The van der Waals surface area contributed by atoms with Gasteiger partial charge in [0.2, 0.25) is 10.0 Å². The van der Waals surface area contributed by atoms with E-state index in [0.717, 1.165) is 5.56 Å². The largest absolute Gasteiger partial charge is 0.467 e. The number of amides is 1. The van der Waals surface area contributed by atoms with Gasteiger partial charge in [-0.25, -0.2) is 18.0 Å². The highest BCUT2D eigenvalue weighted by molar-refractivity contribution is 7.89. The van der Waals surface area contributed by atoms with Crippen LogP contribution in [0, 0.1) is 6.92 Å². The van der Waals surface area contributed by atoms with Gasteiger partial charge in [0.1, 0.15) is 11.1 Å². The average molecular weight is 413 g/mol. The second-order valence-corrected chi connectivity index (χ2v) is 9.86. The van der Waals surface area contributed by atoms with Gasteiger partial charge in [-0.05, 0) is 52.7 Å². The Hall–Kier alpha value is -2.13. The van der Waals surface area contributed by atoms with Crippen LogP contribution in [0.4, 0.5) is 4.79 Å². The van der Waals surface area contributed by atoms with Crippen LogP contribution in [0.1, 0.15) is 39.2 Å². The van der Waals surface area contributed by atoms with E-state index in [1.165, 1.54) is 11.4 Å². The number of piperidine rings is 1. The summed E-state index contributed by atoms with van der Waals surface area (Å²) in [4.78, 5) is 24.8. The first-order chi connectivity index (χ1) is 12.9. The minimum Gasteiger partial charge on any atom is -0.467 e. The molecular formula is C19H28N2O6S. The number of ether oxygens (including phenoxy) is 2. The molecular weight excluding hydrogens is 384 g/mol. The molecule has 0 radical (unpaired) electrons. The molecule has 28 heavy (non-hydrogen) atoms. The molecule has 1 aromatic carbocycles. The molecule has 0 atom stereocenters. The lowest BCUT2D eigenvalue weighted by Gasteiger charge is -2.39. The molecule has 0 spiro atoms. The van der Waals surface area contributed by atoms with E-state index in [2.05, 4.69) is 5.32 Å². The summed E-state index contributed by atoms with van der Waals surface area (Å²) >= 11 is 0. The fourth-order valence-corrected chi connectivity index (χ4v) is 4.48. The van der Waals surface area contributed by atoms with Crippen LogP contribution in [-0.4, -0.2) is 56.1 Å². The average Bonchev–Trinajstić information content (AvgIpc) is 2.60. The van der Waals surface area contributed by atoms with E-state index >= 15 is 0 Å². The minimum atomic E-state index is -3.68. The number of sulfonamides is 1. The van der Waals surface area contributed by atoms with Gasteiger partial charge in [-0.2, -0.15) is 4.31 Å². The smallest absolute Gasteiger partial charge is 0.408 e. The normalized spacial score (nSPS) is 17.6. The molecule has 0 saturated carbocycles. The summed E-state index contributed by atoms with van der Waals surface area (Å²) < 4.78 is 37.1. The number of benzene rings is 1. The van der Waals surface area contributed by atoms with Crippen molar-refractivity contribution in [3.8, 4) is 0 Å². The number of methoxy groups -OCH3 is 1. The molecule has 1 fully saturated rings. The summed E-state index contributed by atoms with van der Waals surface area (Å²) in [5.41, 5.74) is -1.09. The number of alkyl carbamates (subject to hydrolysis) is 1. The number of carbonyl (C=O) groups excluding carboxylic acids is 2. The Morgan fingerprint density at radius 2 is 1.64 bits per heavy atom. The molecule has 1 aliphatic rings. The second-order valence-electron chi connectivity index (χ2n) is 7.92. The first-order valence-corrected chi connectivity index (χ1v) is 10.5. The van der Waals surface area contributed by atoms with Crippen molar-refractivity contribution in [2.24, 2.45) is 0 Å². The van der Waals surface area contributed by atoms with E-state index in [1.807, 2.05) is 6.92 Å². The van der Waals surface area contributed by atoms with Gasteiger partial charge in [-0.15, -0.1) is 0 Å². The minimum absolute atomic E-state index is 0.0705. The third-order valence-electron chi connectivity index (χ3n) is 4.55. The summed E-state index contributed by atoms with van der Waals surface area (Å²) in [6, 6.07) is 6.59. The lowest BCUT2D eigenvalue weighted by atomic mass is 9.88. The molecule has 8 nitrogen and oxygen atoms in total. The van der Waals surface area contributed by atoms with Crippen LogP contribution in [-0.2, 0) is 24.3 Å². The predicted molar refractivity (Wildman–Crippen MR) is 103 cm³/mol. The SMILES string of the molecule is COC(=O)C1(NC(=O)OC(C)(C)C)CCN(S(=O)(=O)c2ccc(C)cc2)CC1. The molecule has 1 aromatic rings. The summed E-state index contributed by atoms with van der Waals surface area (Å²) in [6.07, 6.45) is -0.568. The maximum Gasteiger partial charge on any atom is 0.408 e. The summed E-state index contributed by atoms with van der Waals surface area (Å²) in [6.45, 7) is 7.17. The molecule has 9 heteroatoms. The van der Waals surface area contributed by atoms with Crippen LogP contribution in [0.3, 0.4) is 0 Å². The molecule has 2 rings (SSSR count). The lowest BCUT2D eigenvalue weighted by Crippen LogP contribution is -2.61. The maximum absolute atomic E-state index is 12.9. The van der Waals surface area contributed by atoms with Gasteiger partial charge in [0.25, 0.3) is 0 Å². The Kier molecular flexibility index (Phi) is 6.40. The summed E-state index contributed by atoms with van der Waals surface area (Å²) in [5.74, 6) is -0.620. The fourth-order valence-electron chi connectivity index (χ4n) is 3.04. The molecule has 0 aromatic heterocycles. The monoisotopic (exact) mass is 412 g/mol. The number of aryl methyl sites for hydroxylation is 1. The third kappa shape index (κ3) is 5.02. The highest BCUT2D eigenvalue weighted by Crippen LogP contribution is 2.28. The zero-order valence-electron chi connectivity index (χ0n) is 16.9. The van der Waals surface area contributed by atoms with E-state index in [-0.39, 0.29) is 30.8 Å². The number of rotatable bonds is 4. The topological polar surface area (TPSA) is 102 Å². The van der Waals surface area contributed by atoms with Crippen molar-refractivity contribution in [1.29, 1.82) is 0 Å². The van der Waals surface area contributed by atoms with Crippen LogP contribution in [0.15, 0.2) is 29.2 Å². The molecule has 0 bridgehead atoms. The van der Waals surface area contributed by atoms with Crippen molar-refractivity contribution in [3.05, 3.63) is 29.8 Å².